The molecule has 0 bridgehead atoms. The van der Waals surface area contributed by atoms with Crippen molar-refractivity contribution < 1.29 is 24.6 Å². The van der Waals surface area contributed by atoms with Gasteiger partial charge >= 0.3 is 11.9 Å². The lowest BCUT2D eigenvalue weighted by molar-refractivity contribution is -0.187. The number of rotatable bonds is 6. The maximum atomic E-state index is 10.1. The van der Waals surface area contributed by atoms with Gasteiger partial charge in [-0.05, 0) is 0 Å². The first-order chi connectivity index (χ1) is 5.56. The van der Waals surface area contributed by atoms with Gasteiger partial charge in [0, 0.05) is 6.54 Å². The van der Waals surface area contributed by atoms with Crippen LogP contribution in [-0.2, 0) is 14.4 Å². The Balaban J connectivity index is 3.67. The molecule has 0 aromatic rings. The van der Waals surface area contributed by atoms with E-state index >= 15 is 0 Å². The second kappa shape index (κ2) is 5.50. The molecule has 0 aliphatic heterocycles. The van der Waals surface area contributed by atoms with Gasteiger partial charge in [-0.2, -0.15) is 5.06 Å². The molecule has 0 aliphatic carbocycles. The van der Waals surface area contributed by atoms with Crippen LogP contribution >= 0.6 is 0 Å². The number of hydrogen-bond donors (Lipinski definition) is 2. The van der Waals surface area contributed by atoms with Crippen LogP contribution in [0.15, 0.2) is 0 Å². The summed E-state index contributed by atoms with van der Waals surface area (Å²) in [7, 11) is 0. The van der Waals surface area contributed by atoms with Gasteiger partial charge in [0.05, 0.1) is 0 Å². The fourth-order valence-corrected chi connectivity index (χ4v) is 0.546. The van der Waals surface area contributed by atoms with Crippen molar-refractivity contribution in [2.24, 2.45) is 0 Å². The van der Waals surface area contributed by atoms with Gasteiger partial charge in [0.2, 0.25) is 0 Å². The Morgan fingerprint density at radius 1 is 1.33 bits per heavy atom. The molecule has 6 heteroatoms. The van der Waals surface area contributed by atoms with Crippen molar-refractivity contribution in [1.29, 1.82) is 0 Å². The summed E-state index contributed by atoms with van der Waals surface area (Å²) in [6.07, 6.45) is 0. The fraction of sp³-hybridized carbons (Fsp3) is 0.667. The van der Waals surface area contributed by atoms with E-state index in [1.54, 1.807) is 6.92 Å². The highest BCUT2D eigenvalue weighted by atomic mass is 16.7. The third kappa shape index (κ3) is 5.63. The topological polar surface area (TPSA) is 87.1 Å². The van der Waals surface area contributed by atoms with E-state index in [-0.39, 0.29) is 6.54 Å². The highest BCUT2D eigenvalue weighted by molar-refractivity contribution is 5.69. The van der Waals surface area contributed by atoms with Gasteiger partial charge in [-0.3, -0.25) is 9.63 Å². The zero-order chi connectivity index (χ0) is 9.56. The Morgan fingerprint density at radius 2 is 1.92 bits per heavy atom. The van der Waals surface area contributed by atoms with Crippen LogP contribution in [0.25, 0.3) is 0 Å². The number of aliphatic carboxylic acids is 2. The molecule has 12 heavy (non-hydrogen) atoms. The van der Waals surface area contributed by atoms with Gasteiger partial charge in [-0.1, -0.05) is 6.92 Å². The average molecular weight is 177 g/mol. The van der Waals surface area contributed by atoms with Crippen molar-refractivity contribution >= 4 is 11.9 Å². The SMILES string of the molecule is CCN(CC(=O)O)OCC(=O)O. The Labute approximate surface area is 69.3 Å². The number of hydroxylamine groups is 2. The predicted molar refractivity (Wildman–Crippen MR) is 38.5 cm³/mol. The maximum absolute atomic E-state index is 10.1. The van der Waals surface area contributed by atoms with Crippen molar-refractivity contribution in [2.45, 2.75) is 6.92 Å². The smallest absolute Gasteiger partial charge is 0.331 e. The second-order valence-electron chi connectivity index (χ2n) is 2.02. The molecule has 0 rings (SSSR count). The van der Waals surface area contributed by atoms with Crippen LogP contribution in [-0.4, -0.2) is 46.9 Å². The number of carboxylic acids is 2. The van der Waals surface area contributed by atoms with Crippen LogP contribution in [0.4, 0.5) is 0 Å². The first kappa shape index (κ1) is 10.9. The molecule has 0 aliphatic rings. The summed E-state index contributed by atoms with van der Waals surface area (Å²) in [6, 6.07) is 0. The Bertz CT molecular complexity index is 169. The first-order valence-electron chi connectivity index (χ1n) is 3.37. The van der Waals surface area contributed by atoms with Crippen molar-refractivity contribution in [3.05, 3.63) is 0 Å². The van der Waals surface area contributed by atoms with E-state index in [1.807, 2.05) is 0 Å². The quantitative estimate of drug-likeness (QED) is 0.527. The first-order valence-corrected chi connectivity index (χ1v) is 3.37. The van der Waals surface area contributed by atoms with E-state index in [0.717, 1.165) is 5.06 Å². The minimum absolute atomic E-state index is 0.316. The molecule has 0 aromatic carbocycles. The number of hydrogen-bond acceptors (Lipinski definition) is 4. The molecule has 0 radical (unpaired) electrons. The number of likely N-dealkylation sites (N-methyl/N-ethyl adjacent to an activating group) is 1. The molecule has 0 fully saturated rings. The van der Waals surface area contributed by atoms with E-state index in [4.69, 9.17) is 10.2 Å². The average Bonchev–Trinajstić information content (AvgIpc) is 1.97. The van der Waals surface area contributed by atoms with E-state index in [2.05, 4.69) is 4.84 Å². The highest BCUT2D eigenvalue weighted by Crippen LogP contribution is 1.88. The minimum atomic E-state index is -1.13. The molecule has 0 spiro atoms. The maximum Gasteiger partial charge on any atom is 0.331 e. The summed E-state index contributed by atoms with van der Waals surface area (Å²) in [4.78, 5) is 24.8. The zero-order valence-corrected chi connectivity index (χ0v) is 6.69. The highest BCUT2D eigenvalue weighted by Gasteiger charge is 2.09. The van der Waals surface area contributed by atoms with Crippen LogP contribution in [0, 0.1) is 0 Å². The normalized spacial score (nSPS) is 10.2. The molecular weight excluding hydrogens is 166 g/mol. The summed E-state index contributed by atoms with van der Waals surface area (Å²) in [5.41, 5.74) is 0. The minimum Gasteiger partial charge on any atom is -0.480 e. The molecule has 0 aromatic heterocycles. The monoisotopic (exact) mass is 177 g/mol. The molecule has 0 saturated carbocycles. The van der Waals surface area contributed by atoms with Crippen LogP contribution in [0.3, 0.4) is 0 Å². The number of nitrogens with zero attached hydrogens (tertiary/aromatic N) is 1. The van der Waals surface area contributed by atoms with Gasteiger partial charge < -0.3 is 10.2 Å². The molecule has 2 N–H and O–H groups in total. The summed E-state index contributed by atoms with van der Waals surface area (Å²) < 4.78 is 0. The lowest BCUT2D eigenvalue weighted by atomic mass is 10.6. The molecule has 0 amide bonds. The summed E-state index contributed by atoms with van der Waals surface area (Å²) in [5, 5.41) is 17.6. The molecule has 70 valence electrons. The largest absolute Gasteiger partial charge is 0.480 e. The fourth-order valence-electron chi connectivity index (χ4n) is 0.546. The Morgan fingerprint density at radius 3 is 2.25 bits per heavy atom. The molecule has 0 unspecified atom stereocenters. The van der Waals surface area contributed by atoms with Gasteiger partial charge in [0.1, 0.15) is 6.54 Å². The summed E-state index contributed by atoms with van der Waals surface area (Å²) in [5.74, 6) is -2.18. The number of carboxylic acid groups (broad SMARTS) is 2. The van der Waals surface area contributed by atoms with E-state index in [1.165, 1.54) is 0 Å². The predicted octanol–water partition coefficient (Wildman–Crippen LogP) is -0.591. The molecular formula is C6H11NO5. The third-order valence-corrected chi connectivity index (χ3v) is 1.03. The van der Waals surface area contributed by atoms with Gasteiger partial charge in [0.15, 0.2) is 6.61 Å². The lowest BCUT2D eigenvalue weighted by Gasteiger charge is -2.15. The van der Waals surface area contributed by atoms with Crippen molar-refractivity contribution in [1.82, 2.24) is 5.06 Å². The van der Waals surface area contributed by atoms with E-state index in [0.29, 0.717) is 6.54 Å². The van der Waals surface area contributed by atoms with E-state index < -0.39 is 18.5 Å². The lowest BCUT2D eigenvalue weighted by Crippen LogP contribution is -2.31. The van der Waals surface area contributed by atoms with Crippen molar-refractivity contribution in [2.75, 3.05) is 19.7 Å². The van der Waals surface area contributed by atoms with Crippen LogP contribution in [0.5, 0.6) is 0 Å². The second-order valence-corrected chi connectivity index (χ2v) is 2.02. The van der Waals surface area contributed by atoms with E-state index in [9.17, 15) is 9.59 Å². The molecule has 0 atom stereocenters. The van der Waals surface area contributed by atoms with Gasteiger partial charge in [-0.25, -0.2) is 4.79 Å². The van der Waals surface area contributed by atoms with Gasteiger partial charge in [0.25, 0.3) is 0 Å². The Hall–Kier alpha value is -1.14. The standard InChI is InChI=1S/C6H11NO5/c1-2-7(3-5(8)9)12-4-6(10)11/h2-4H2,1H3,(H,8,9)(H,10,11). The molecule has 0 heterocycles. The summed E-state index contributed by atoms with van der Waals surface area (Å²) in [6.45, 7) is 1.18. The van der Waals surface area contributed by atoms with Crippen molar-refractivity contribution in [3.63, 3.8) is 0 Å². The molecule has 0 saturated heterocycles. The van der Waals surface area contributed by atoms with Crippen LogP contribution < -0.4 is 0 Å². The van der Waals surface area contributed by atoms with Gasteiger partial charge in [-0.15, -0.1) is 0 Å². The third-order valence-electron chi connectivity index (χ3n) is 1.03. The summed E-state index contributed by atoms with van der Waals surface area (Å²) >= 11 is 0. The molecule has 6 nitrogen and oxygen atoms in total. The Kier molecular flexibility index (Phi) is 4.98. The van der Waals surface area contributed by atoms with Crippen LogP contribution in [0.1, 0.15) is 6.92 Å². The number of carbonyl (C=O) groups is 2. The zero-order valence-electron chi connectivity index (χ0n) is 6.69. The van der Waals surface area contributed by atoms with Crippen LogP contribution in [0.2, 0.25) is 0 Å². The van der Waals surface area contributed by atoms with Crippen molar-refractivity contribution in [3.8, 4) is 0 Å².